The number of ether oxygens (including phenoxy) is 2. The van der Waals surface area contributed by atoms with Gasteiger partial charge < -0.3 is 9.47 Å². The Bertz CT molecular complexity index is 1410. The number of fused-ring (bicyclic) bond motifs is 4. The van der Waals surface area contributed by atoms with E-state index in [9.17, 15) is 0 Å². The molecule has 0 spiro atoms. The number of H-pyrrole nitrogens is 1. The van der Waals surface area contributed by atoms with Crippen LogP contribution in [0.4, 0.5) is 0 Å². The predicted octanol–water partition coefficient (Wildman–Crippen LogP) is 6.16. The minimum atomic E-state index is -0.0413. The van der Waals surface area contributed by atoms with Gasteiger partial charge in [-0.1, -0.05) is 33.8 Å². The molecule has 0 radical (unpaired) electrons. The molecule has 0 amide bonds. The van der Waals surface area contributed by atoms with E-state index < -0.39 is 0 Å². The van der Waals surface area contributed by atoms with E-state index in [4.69, 9.17) is 14.6 Å². The molecular weight excluding hydrogens is 490 g/mol. The van der Waals surface area contributed by atoms with Gasteiger partial charge in [-0.15, -0.1) is 5.10 Å². The molecule has 1 N–H and O–H groups in total. The van der Waals surface area contributed by atoms with Gasteiger partial charge in [0.1, 0.15) is 6.10 Å². The van der Waals surface area contributed by atoms with Gasteiger partial charge in [-0.2, -0.15) is 10.2 Å². The quantitative estimate of drug-likeness (QED) is 0.331. The van der Waals surface area contributed by atoms with Crippen molar-refractivity contribution in [1.82, 2.24) is 34.7 Å². The normalized spacial score (nSPS) is 16.6. The summed E-state index contributed by atoms with van der Waals surface area (Å²) in [5, 5.41) is 18.2. The number of hydrogen-bond donors (Lipinski definition) is 1. The Labute approximate surface area is 231 Å². The van der Waals surface area contributed by atoms with E-state index in [1.807, 2.05) is 51.7 Å². The predicted molar refractivity (Wildman–Crippen MR) is 158 cm³/mol. The number of aryl methyl sites for hydroxylation is 2. The Hall–Kier alpha value is -3.59. The maximum atomic E-state index is 6.52. The summed E-state index contributed by atoms with van der Waals surface area (Å²) in [6, 6.07) is 6.26. The molecule has 1 aliphatic heterocycles. The van der Waals surface area contributed by atoms with Gasteiger partial charge in [0.2, 0.25) is 11.8 Å². The van der Waals surface area contributed by atoms with E-state index in [1.165, 1.54) is 0 Å². The van der Waals surface area contributed by atoms with E-state index >= 15 is 0 Å². The smallest absolute Gasteiger partial charge is 0.240 e. The fourth-order valence-electron chi connectivity index (χ4n) is 4.89. The van der Waals surface area contributed by atoms with E-state index in [2.05, 4.69) is 69.9 Å². The first-order chi connectivity index (χ1) is 18.9. The number of aromatic nitrogens is 6. The van der Waals surface area contributed by atoms with Crippen molar-refractivity contribution in [2.24, 2.45) is 7.05 Å². The van der Waals surface area contributed by atoms with E-state index in [0.29, 0.717) is 5.88 Å². The summed E-state index contributed by atoms with van der Waals surface area (Å²) in [5.74, 6) is 1.44. The Morgan fingerprint density at radius 1 is 1.18 bits per heavy atom. The summed E-state index contributed by atoms with van der Waals surface area (Å²) in [6.45, 7) is 17.8. The lowest BCUT2D eigenvalue weighted by atomic mass is 10.1. The lowest BCUT2D eigenvalue weighted by molar-refractivity contribution is 0.134. The van der Waals surface area contributed by atoms with Crippen LogP contribution in [0, 0.1) is 0 Å². The van der Waals surface area contributed by atoms with Crippen molar-refractivity contribution >= 4 is 23.1 Å². The summed E-state index contributed by atoms with van der Waals surface area (Å²) in [6.07, 6.45) is 7.05. The highest BCUT2D eigenvalue weighted by atomic mass is 16.5. The molecular formula is C30H43N7O2. The Morgan fingerprint density at radius 3 is 2.69 bits per heavy atom. The topological polar surface area (TPSA) is 86.0 Å². The lowest BCUT2D eigenvalue weighted by Crippen LogP contribution is -2.34. The van der Waals surface area contributed by atoms with Crippen LogP contribution in [0.2, 0.25) is 0 Å². The second-order valence-electron chi connectivity index (χ2n) is 10.0. The SMILES string of the molecule is CC.CCCn1nc(OC(C)C)c2c1CN(CC)CC(C)Oc1c(cnn1C)-c1ccc3n[nH]c(c3c1)/C=C/2. The molecule has 4 aromatic rings. The largest absolute Gasteiger partial charge is 0.473 e. The standard InChI is InChI=1S/C28H37N7O2.C2H6/c1-7-13-35-26-17-34(8-2)16-19(5)37-28-23(15-29-33(28)6)20-9-11-24-22(14-20)25(31-30-24)12-10-21(26)27(32-35)36-18(3)4;1-2/h9-12,14-15,18-19H,7-8,13,16-17H2,1-6H3,(H,30,31);1-2H3/b12-10+;. The van der Waals surface area contributed by atoms with Gasteiger partial charge in [-0.05, 0) is 63.6 Å². The molecule has 9 heteroatoms. The van der Waals surface area contributed by atoms with Gasteiger partial charge in [0, 0.05) is 32.1 Å². The van der Waals surface area contributed by atoms with Crippen LogP contribution in [0.25, 0.3) is 34.2 Å². The van der Waals surface area contributed by atoms with E-state index in [0.717, 1.165) is 77.5 Å². The first-order valence-corrected chi connectivity index (χ1v) is 14.2. The molecule has 0 fully saturated rings. The van der Waals surface area contributed by atoms with Gasteiger partial charge >= 0.3 is 0 Å². The van der Waals surface area contributed by atoms with Crippen LogP contribution in [0.5, 0.6) is 11.8 Å². The highest BCUT2D eigenvalue weighted by molar-refractivity contribution is 5.93. The van der Waals surface area contributed by atoms with E-state index in [-0.39, 0.29) is 12.2 Å². The zero-order valence-electron chi connectivity index (χ0n) is 24.7. The average Bonchev–Trinajstić information content (AvgIpc) is 3.58. The molecule has 1 atom stereocenters. The minimum Gasteiger partial charge on any atom is -0.473 e. The Morgan fingerprint density at radius 2 is 1.97 bits per heavy atom. The van der Waals surface area contributed by atoms with Gasteiger partial charge in [-0.3, -0.25) is 14.7 Å². The fourth-order valence-corrected chi connectivity index (χ4v) is 4.89. The molecule has 9 nitrogen and oxygen atoms in total. The first kappa shape index (κ1) is 28.4. The van der Waals surface area contributed by atoms with Gasteiger partial charge in [0.05, 0.1) is 40.3 Å². The van der Waals surface area contributed by atoms with E-state index in [1.54, 1.807) is 0 Å². The fraction of sp³-hybridized carbons (Fsp3) is 0.500. The number of rotatable bonds is 5. The summed E-state index contributed by atoms with van der Waals surface area (Å²) in [4.78, 5) is 2.40. The van der Waals surface area contributed by atoms with Crippen LogP contribution in [-0.4, -0.2) is 60.0 Å². The number of aromatic amines is 1. The third-order valence-corrected chi connectivity index (χ3v) is 6.69. The molecule has 1 unspecified atom stereocenters. The first-order valence-electron chi connectivity index (χ1n) is 14.2. The highest BCUT2D eigenvalue weighted by Crippen LogP contribution is 2.34. The number of nitrogens with zero attached hydrogens (tertiary/aromatic N) is 6. The molecule has 4 heterocycles. The summed E-state index contributed by atoms with van der Waals surface area (Å²) < 4.78 is 16.6. The minimum absolute atomic E-state index is 0.0254. The van der Waals surface area contributed by atoms with Crippen LogP contribution in [-0.2, 0) is 20.1 Å². The van der Waals surface area contributed by atoms with Crippen molar-refractivity contribution in [2.75, 3.05) is 13.1 Å². The molecule has 5 rings (SSSR count). The van der Waals surface area contributed by atoms with Gasteiger partial charge in [0.25, 0.3) is 0 Å². The maximum absolute atomic E-state index is 6.52. The Balaban J connectivity index is 0.00000172. The van der Waals surface area contributed by atoms with Crippen LogP contribution in [0.15, 0.2) is 24.4 Å². The van der Waals surface area contributed by atoms with Crippen molar-refractivity contribution in [1.29, 1.82) is 0 Å². The number of hydrogen-bond acceptors (Lipinski definition) is 6. The highest BCUT2D eigenvalue weighted by Gasteiger charge is 2.23. The molecule has 0 saturated carbocycles. The zero-order valence-corrected chi connectivity index (χ0v) is 24.7. The van der Waals surface area contributed by atoms with Gasteiger partial charge in [-0.25, -0.2) is 4.68 Å². The molecule has 0 aliphatic carbocycles. The number of nitrogens with one attached hydrogen (secondary N) is 1. The average molecular weight is 534 g/mol. The van der Waals surface area contributed by atoms with Crippen molar-refractivity contribution < 1.29 is 9.47 Å². The maximum Gasteiger partial charge on any atom is 0.240 e. The monoisotopic (exact) mass is 533 g/mol. The van der Waals surface area contributed by atoms with Crippen LogP contribution >= 0.6 is 0 Å². The van der Waals surface area contributed by atoms with Crippen LogP contribution in [0.1, 0.15) is 71.8 Å². The molecule has 210 valence electrons. The third kappa shape index (κ3) is 6.03. The molecule has 0 saturated heterocycles. The van der Waals surface area contributed by atoms with Gasteiger partial charge in [0.15, 0.2) is 0 Å². The summed E-state index contributed by atoms with van der Waals surface area (Å²) in [5.41, 5.74) is 6.01. The Kier molecular flexibility index (Phi) is 9.12. The molecule has 1 aliphatic rings. The molecule has 39 heavy (non-hydrogen) atoms. The molecule has 1 aromatic carbocycles. The summed E-state index contributed by atoms with van der Waals surface area (Å²) >= 11 is 0. The summed E-state index contributed by atoms with van der Waals surface area (Å²) in [7, 11) is 1.92. The second-order valence-corrected chi connectivity index (χ2v) is 10.0. The third-order valence-electron chi connectivity index (χ3n) is 6.69. The lowest BCUT2D eigenvalue weighted by Gasteiger charge is -2.26. The second kappa shape index (κ2) is 12.5. The van der Waals surface area contributed by atoms with Crippen LogP contribution < -0.4 is 9.47 Å². The van der Waals surface area contributed by atoms with Crippen molar-refractivity contribution in [3.63, 3.8) is 0 Å². The van der Waals surface area contributed by atoms with Crippen molar-refractivity contribution in [3.05, 3.63) is 41.3 Å². The van der Waals surface area contributed by atoms with Crippen LogP contribution in [0.3, 0.4) is 0 Å². The zero-order chi connectivity index (χ0) is 28.1. The molecule has 3 aromatic heterocycles. The van der Waals surface area contributed by atoms with Crippen molar-refractivity contribution in [2.45, 2.75) is 80.2 Å². The molecule has 2 bridgehead atoms. The van der Waals surface area contributed by atoms with Crippen molar-refractivity contribution in [3.8, 4) is 22.9 Å². The number of likely N-dealkylation sites (N-methyl/N-ethyl adjacent to an activating group) is 1. The number of benzene rings is 1.